The van der Waals surface area contributed by atoms with E-state index >= 15 is 0 Å². The molecule has 146 valence electrons. The van der Waals surface area contributed by atoms with E-state index in [4.69, 9.17) is 16.3 Å². The summed E-state index contributed by atoms with van der Waals surface area (Å²) in [7, 11) is -2.01. The first kappa shape index (κ1) is 20.1. The van der Waals surface area contributed by atoms with Crippen LogP contribution in [0.5, 0.6) is 5.75 Å². The van der Waals surface area contributed by atoms with Crippen LogP contribution in [0.1, 0.15) is 18.4 Å². The second-order valence-electron chi connectivity index (χ2n) is 6.58. The number of rotatable bonds is 6. The van der Waals surface area contributed by atoms with Gasteiger partial charge < -0.3 is 4.74 Å². The standard InChI is InChI=1S/C19H22ClFN2O3S/c1-26-19-7-2-15(20)12-14(19)13-23-10-8-17(9-11-23)22-27(24,25)18-5-3-16(21)4-6-18/h2-7,12,17,22H,8-11,13H2,1H3. The van der Waals surface area contributed by atoms with E-state index in [1.807, 2.05) is 12.1 Å². The van der Waals surface area contributed by atoms with Crippen LogP contribution >= 0.6 is 11.6 Å². The van der Waals surface area contributed by atoms with Crippen molar-refractivity contribution in [2.45, 2.75) is 30.3 Å². The average molecular weight is 413 g/mol. The van der Waals surface area contributed by atoms with E-state index in [2.05, 4.69) is 9.62 Å². The van der Waals surface area contributed by atoms with Gasteiger partial charge in [0.2, 0.25) is 10.0 Å². The maximum atomic E-state index is 13.0. The molecule has 1 fully saturated rings. The van der Waals surface area contributed by atoms with E-state index in [1.54, 1.807) is 13.2 Å². The van der Waals surface area contributed by atoms with E-state index in [1.165, 1.54) is 12.1 Å². The molecule has 1 saturated heterocycles. The van der Waals surface area contributed by atoms with Crippen LogP contribution in [0.4, 0.5) is 4.39 Å². The molecule has 0 aliphatic carbocycles. The third-order valence-electron chi connectivity index (χ3n) is 4.67. The van der Waals surface area contributed by atoms with Gasteiger partial charge in [0.25, 0.3) is 0 Å². The summed E-state index contributed by atoms with van der Waals surface area (Å²) in [5.41, 5.74) is 1.01. The normalized spacial score (nSPS) is 16.4. The van der Waals surface area contributed by atoms with E-state index in [0.717, 1.165) is 36.5 Å². The predicted octanol–water partition coefficient (Wildman–Crippen LogP) is 3.43. The van der Waals surface area contributed by atoms with Gasteiger partial charge in [-0.15, -0.1) is 0 Å². The molecule has 27 heavy (non-hydrogen) atoms. The summed E-state index contributed by atoms with van der Waals surface area (Å²) in [6.45, 7) is 2.21. The number of piperidine rings is 1. The van der Waals surface area contributed by atoms with Gasteiger partial charge in [-0.3, -0.25) is 4.90 Å². The van der Waals surface area contributed by atoms with Crippen molar-refractivity contribution in [2.24, 2.45) is 0 Å². The zero-order chi connectivity index (χ0) is 19.4. The van der Waals surface area contributed by atoms with Crippen molar-refractivity contribution in [3.63, 3.8) is 0 Å². The summed E-state index contributed by atoms with van der Waals surface area (Å²) in [6.07, 6.45) is 1.40. The van der Waals surface area contributed by atoms with Crippen molar-refractivity contribution in [1.82, 2.24) is 9.62 Å². The van der Waals surface area contributed by atoms with E-state index in [9.17, 15) is 12.8 Å². The van der Waals surface area contributed by atoms with Gasteiger partial charge in [-0.1, -0.05) is 11.6 Å². The van der Waals surface area contributed by atoms with Gasteiger partial charge in [-0.25, -0.2) is 17.5 Å². The lowest BCUT2D eigenvalue weighted by Crippen LogP contribution is -2.44. The van der Waals surface area contributed by atoms with Crippen molar-refractivity contribution in [3.8, 4) is 5.75 Å². The van der Waals surface area contributed by atoms with Crippen LogP contribution in [0, 0.1) is 5.82 Å². The van der Waals surface area contributed by atoms with Crippen LogP contribution in [0.2, 0.25) is 5.02 Å². The Morgan fingerprint density at radius 3 is 2.48 bits per heavy atom. The predicted molar refractivity (Wildman–Crippen MR) is 103 cm³/mol. The molecule has 0 atom stereocenters. The van der Waals surface area contributed by atoms with Crippen LogP contribution < -0.4 is 9.46 Å². The fourth-order valence-electron chi connectivity index (χ4n) is 3.22. The molecule has 2 aromatic rings. The minimum Gasteiger partial charge on any atom is -0.496 e. The molecule has 0 bridgehead atoms. The van der Waals surface area contributed by atoms with Crippen molar-refractivity contribution in [2.75, 3.05) is 20.2 Å². The van der Waals surface area contributed by atoms with Gasteiger partial charge >= 0.3 is 0 Å². The van der Waals surface area contributed by atoms with Gasteiger partial charge in [0.05, 0.1) is 12.0 Å². The number of hydrogen-bond acceptors (Lipinski definition) is 4. The number of ether oxygens (including phenoxy) is 1. The number of halogens is 2. The molecule has 1 aliphatic rings. The number of methoxy groups -OCH3 is 1. The average Bonchev–Trinajstić information content (AvgIpc) is 2.64. The molecule has 0 saturated carbocycles. The Bertz CT molecular complexity index is 882. The minimum absolute atomic E-state index is 0.0787. The molecule has 0 radical (unpaired) electrons. The summed E-state index contributed by atoms with van der Waals surface area (Å²) in [4.78, 5) is 2.33. The summed E-state index contributed by atoms with van der Waals surface area (Å²) in [5.74, 6) is 0.331. The van der Waals surface area contributed by atoms with Crippen LogP contribution in [-0.4, -0.2) is 39.6 Å². The number of hydrogen-bond donors (Lipinski definition) is 1. The Balaban J connectivity index is 1.57. The lowest BCUT2D eigenvalue weighted by atomic mass is 10.1. The number of nitrogens with zero attached hydrogens (tertiary/aromatic N) is 1. The Morgan fingerprint density at radius 1 is 1.19 bits per heavy atom. The SMILES string of the molecule is COc1ccc(Cl)cc1CN1CCC(NS(=O)(=O)c2ccc(F)cc2)CC1. The third kappa shape index (κ3) is 5.19. The lowest BCUT2D eigenvalue weighted by Gasteiger charge is -2.32. The fraction of sp³-hybridized carbons (Fsp3) is 0.368. The Kier molecular flexibility index (Phi) is 6.37. The second-order valence-corrected chi connectivity index (χ2v) is 8.73. The molecule has 1 aliphatic heterocycles. The van der Waals surface area contributed by atoms with E-state index < -0.39 is 15.8 Å². The zero-order valence-electron chi connectivity index (χ0n) is 15.0. The molecule has 0 unspecified atom stereocenters. The molecule has 0 amide bonds. The Labute approximate surface area is 164 Å². The second kappa shape index (κ2) is 8.56. The highest BCUT2D eigenvalue weighted by atomic mass is 35.5. The number of benzene rings is 2. The molecule has 0 spiro atoms. The highest BCUT2D eigenvalue weighted by Crippen LogP contribution is 2.25. The molecular weight excluding hydrogens is 391 g/mol. The molecule has 0 aromatic heterocycles. The summed E-state index contributed by atoms with van der Waals surface area (Å²) in [6, 6.07) is 10.2. The van der Waals surface area contributed by atoms with E-state index in [0.29, 0.717) is 24.4 Å². The van der Waals surface area contributed by atoms with Crippen molar-refractivity contribution in [3.05, 3.63) is 58.9 Å². The van der Waals surface area contributed by atoms with Gasteiger partial charge in [0.15, 0.2) is 0 Å². The minimum atomic E-state index is -3.64. The van der Waals surface area contributed by atoms with Crippen molar-refractivity contribution < 1.29 is 17.5 Å². The Hall–Kier alpha value is -1.67. The van der Waals surface area contributed by atoms with Gasteiger partial charge in [-0.05, 0) is 55.3 Å². The quantitative estimate of drug-likeness (QED) is 0.789. The number of nitrogens with one attached hydrogen (secondary N) is 1. The highest BCUT2D eigenvalue weighted by molar-refractivity contribution is 7.89. The lowest BCUT2D eigenvalue weighted by molar-refractivity contribution is 0.198. The maximum absolute atomic E-state index is 13.0. The maximum Gasteiger partial charge on any atom is 0.240 e. The van der Waals surface area contributed by atoms with Crippen LogP contribution in [0.3, 0.4) is 0 Å². The first-order valence-electron chi connectivity index (χ1n) is 8.70. The molecule has 1 N–H and O–H groups in total. The molecule has 1 heterocycles. The van der Waals surface area contributed by atoms with Crippen molar-refractivity contribution in [1.29, 1.82) is 0 Å². The number of likely N-dealkylation sites (tertiary alicyclic amines) is 1. The highest BCUT2D eigenvalue weighted by Gasteiger charge is 2.25. The van der Waals surface area contributed by atoms with Crippen molar-refractivity contribution >= 4 is 21.6 Å². The number of sulfonamides is 1. The largest absolute Gasteiger partial charge is 0.496 e. The monoisotopic (exact) mass is 412 g/mol. The molecule has 2 aromatic carbocycles. The van der Waals surface area contributed by atoms with Crippen LogP contribution in [-0.2, 0) is 16.6 Å². The molecular formula is C19H22ClFN2O3S. The first-order chi connectivity index (χ1) is 12.9. The fourth-order valence-corrected chi connectivity index (χ4v) is 4.72. The summed E-state index contributed by atoms with van der Waals surface area (Å²) in [5, 5.41) is 0.660. The Morgan fingerprint density at radius 2 is 1.85 bits per heavy atom. The van der Waals surface area contributed by atoms with Crippen LogP contribution in [0.15, 0.2) is 47.4 Å². The smallest absolute Gasteiger partial charge is 0.240 e. The molecule has 5 nitrogen and oxygen atoms in total. The van der Waals surface area contributed by atoms with Gasteiger partial charge in [0.1, 0.15) is 11.6 Å². The van der Waals surface area contributed by atoms with Gasteiger partial charge in [-0.2, -0.15) is 0 Å². The van der Waals surface area contributed by atoms with Gasteiger partial charge in [0, 0.05) is 36.3 Å². The summed E-state index contributed by atoms with van der Waals surface area (Å²) >= 11 is 6.08. The van der Waals surface area contributed by atoms with E-state index in [-0.39, 0.29) is 10.9 Å². The summed E-state index contributed by atoms with van der Waals surface area (Å²) < 4.78 is 46.0. The third-order valence-corrected chi connectivity index (χ3v) is 6.44. The zero-order valence-corrected chi connectivity index (χ0v) is 16.6. The van der Waals surface area contributed by atoms with Crippen LogP contribution in [0.25, 0.3) is 0 Å². The molecule has 8 heteroatoms. The molecule has 3 rings (SSSR count). The topological polar surface area (TPSA) is 58.6 Å². The first-order valence-corrected chi connectivity index (χ1v) is 10.6.